The van der Waals surface area contributed by atoms with Crippen molar-refractivity contribution < 1.29 is 19.8 Å². The number of hydrogen-bond donors (Lipinski definition) is 2. The van der Waals surface area contributed by atoms with Crippen molar-refractivity contribution in [3.8, 4) is 5.75 Å². The van der Waals surface area contributed by atoms with Gasteiger partial charge in [-0.3, -0.25) is 9.59 Å². The second-order valence-electron chi connectivity index (χ2n) is 6.84. The van der Waals surface area contributed by atoms with Crippen molar-refractivity contribution in [1.82, 2.24) is 4.90 Å². The molecule has 0 radical (unpaired) electrons. The number of piperidine rings is 1. The van der Waals surface area contributed by atoms with Gasteiger partial charge in [0.1, 0.15) is 5.75 Å². The highest BCUT2D eigenvalue weighted by atomic mass is 16.4. The van der Waals surface area contributed by atoms with Crippen LogP contribution in [-0.2, 0) is 11.2 Å². The second-order valence-corrected chi connectivity index (χ2v) is 6.84. The molecule has 1 saturated heterocycles. The molecule has 0 unspecified atom stereocenters. The van der Waals surface area contributed by atoms with Crippen molar-refractivity contribution in [3.63, 3.8) is 0 Å². The van der Waals surface area contributed by atoms with Gasteiger partial charge in [-0.15, -0.1) is 0 Å². The number of hydrogen-bond acceptors (Lipinski definition) is 3. The third-order valence-corrected chi connectivity index (χ3v) is 5.11. The summed E-state index contributed by atoms with van der Waals surface area (Å²) in [5, 5.41) is 19.6. The summed E-state index contributed by atoms with van der Waals surface area (Å²) in [5.74, 6) is -1.83. The molecular formula is C21H23NO4. The van der Waals surface area contributed by atoms with Crippen molar-refractivity contribution in [2.24, 2.45) is 5.92 Å². The van der Waals surface area contributed by atoms with Crippen LogP contribution in [0, 0.1) is 5.92 Å². The molecule has 2 aromatic carbocycles. The normalized spacial score (nSPS) is 20.0. The van der Waals surface area contributed by atoms with Crippen LogP contribution in [0.4, 0.5) is 0 Å². The lowest BCUT2D eigenvalue weighted by atomic mass is 9.89. The molecule has 1 aliphatic rings. The Balaban J connectivity index is 1.84. The Bertz CT molecular complexity index is 803. The van der Waals surface area contributed by atoms with E-state index in [-0.39, 0.29) is 17.2 Å². The quantitative estimate of drug-likeness (QED) is 0.884. The Morgan fingerprint density at radius 1 is 1.12 bits per heavy atom. The molecule has 136 valence electrons. The fourth-order valence-electron chi connectivity index (χ4n) is 3.61. The van der Waals surface area contributed by atoms with E-state index >= 15 is 0 Å². The lowest BCUT2D eigenvalue weighted by Crippen LogP contribution is -2.49. The smallest absolute Gasteiger partial charge is 0.308 e. The number of aliphatic carboxylic acids is 1. The Hall–Kier alpha value is -2.82. The highest BCUT2D eigenvalue weighted by Gasteiger charge is 2.36. The van der Waals surface area contributed by atoms with Gasteiger partial charge in [0.05, 0.1) is 11.5 Å². The zero-order valence-corrected chi connectivity index (χ0v) is 14.8. The second kappa shape index (κ2) is 7.60. The third kappa shape index (κ3) is 3.72. The highest BCUT2D eigenvalue weighted by Crippen LogP contribution is 2.28. The lowest BCUT2D eigenvalue weighted by Gasteiger charge is -2.37. The van der Waals surface area contributed by atoms with Gasteiger partial charge in [0.15, 0.2) is 0 Å². The molecule has 1 heterocycles. The number of carboxylic acid groups (broad SMARTS) is 1. The monoisotopic (exact) mass is 353 g/mol. The molecule has 3 rings (SSSR count). The van der Waals surface area contributed by atoms with Crippen LogP contribution in [-0.4, -0.2) is 39.6 Å². The Morgan fingerprint density at radius 2 is 1.85 bits per heavy atom. The summed E-state index contributed by atoms with van der Waals surface area (Å²) in [6, 6.07) is 14.6. The topological polar surface area (TPSA) is 77.8 Å². The molecular weight excluding hydrogens is 330 g/mol. The number of benzene rings is 2. The highest BCUT2D eigenvalue weighted by molar-refractivity contribution is 5.97. The number of carboxylic acids is 1. The molecule has 2 atom stereocenters. The molecule has 0 saturated carbocycles. The minimum absolute atomic E-state index is 0.0727. The summed E-state index contributed by atoms with van der Waals surface area (Å²) in [4.78, 5) is 26.0. The van der Waals surface area contributed by atoms with Gasteiger partial charge in [0.25, 0.3) is 5.91 Å². The summed E-state index contributed by atoms with van der Waals surface area (Å²) in [7, 11) is 0. The first-order valence-corrected chi connectivity index (χ1v) is 8.87. The lowest BCUT2D eigenvalue weighted by molar-refractivity contribution is -0.144. The minimum atomic E-state index is -0.878. The molecule has 0 aliphatic carbocycles. The molecule has 1 amide bonds. The maximum Gasteiger partial charge on any atom is 0.308 e. The zero-order valence-electron chi connectivity index (χ0n) is 14.8. The van der Waals surface area contributed by atoms with Crippen LogP contribution < -0.4 is 0 Å². The standard InChI is InChI=1S/C21H23NO4/c1-14-17(21(25)26)8-5-11-22(14)20(24)18-13-16(9-10-19(18)23)12-15-6-3-2-4-7-15/h2-4,6-7,9-10,13-14,17,23H,5,8,11-12H2,1H3,(H,25,26)/t14-,17-/m1/s1. The molecule has 0 aromatic heterocycles. The van der Waals surface area contributed by atoms with Crippen LogP contribution in [0.1, 0.15) is 41.3 Å². The summed E-state index contributed by atoms with van der Waals surface area (Å²) in [5.41, 5.74) is 2.28. The number of rotatable bonds is 4. The number of phenols is 1. The Labute approximate surface area is 152 Å². The van der Waals surface area contributed by atoms with E-state index in [1.54, 1.807) is 24.0 Å². The summed E-state index contributed by atoms with van der Waals surface area (Å²) < 4.78 is 0. The fourth-order valence-corrected chi connectivity index (χ4v) is 3.61. The Morgan fingerprint density at radius 3 is 2.54 bits per heavy atom. The van der Waals surface area contributed by atoms with E-state index < -0.39 is 17.9 Å². The molecule has 0 bridgehead atoms. The molecule has 2 aromatic rings. The van der Waals surface area contributed by atoms with Gasteiger partial charge in [0.2, 0.25) is 0 Å². The van der Waals surface area contributed by atoms with E-state index in [0.717, 1.165) is 11.1 Å². The van der Waals surface area contributed by atoms with Crippen molar-refractivity contribution in [3.05, 3.63) is 65.2 Å². The van der Waals surface area contributed by atoms with Gasteiger partial charge in [-0.25, -0.2) is 0 Å². The van der Waals surface area contributed by atoms with Crippen molar-refractivity contribution in [2.75, 3.05) is 6.54 Å². The van der Waals surface area contributed by atoms with Gasteiger partial charge in [-0.05, 0) is 49.4 Å². The van der Waals surface area contributed by atoms with Crippen molar-refractivity contribution >= 4 is 11.9 Å². The van der Waals surface area contributed by atoms with Gasteiger partial charge in [-0.1, -0.05) is 36.4 Å². The summed E-state index contributed by atoms with van der Waals surface area (Å²) in [6.07, 6.45) is 1.88. The number of carbonyl (C=O) groups excluding carboxylic acids is 1. The average molecular weight is 353 g/mol. The first kappa shape index (κ1) is 18.0. The first-order valence-electron chi connectivity index (χ1n) is 8.87. The van der Waals surface area contributed by atoms with E-state index in [4.69, 9.17) is 0 Å². The van der Waals surface area contributed by atoms with Crippen LogP contribution in [0.2, 0.25) is 0 Å². The van der Waals surface area contributed by atoms with Crippen LogP contribution in [0.15, 0.2) is 48.5 Å². The summed E-state index contributed by atoms with van der Waals surface area (Å²) in [6.45, 7) is 2.27. The molecule has 2 N–H and O–H groups in total. The fraction of sp³-hybridized carbons (Fsp3) is 0.333. The first-order chi connectivity index (χ1) is 12.5. The number of likely N-dealkylation sites (tertiary alicyclic amines) is 1. The van der Waals surface area contributed by atoms with E-state index in [9.17, 15) is 19.8 Å². The summed E-state index contributed by atoms with van der Waals surface area (Å²) >= 11 is 0. The Kier molecular flexibility index (Phi) is 5.26. The van der Waals surface area contributed by atoms with Gasteiger partial charge >= 0.3 is 5.97 Å². The van der Waals surface area contributed by atoms with Crippen molar-refractivity contribution in [2.45, 2.75) is 32.2 Å². The van der Waals surface area contributed by atoms with E-state index in [2.05, 4.69) is 0 Å². The maximum atomic E-state index is 13.0. The third-order valence-electron chi connectivity index (χ3n) is 5.11. The largest absolute Gasteiger partial charge is 0.507 e. The SMILES string of the molecule is C[C@@H]1[C@H](C(=O)O)CCCN1C(=O)c1cc(Cc2ccccc2)ccc1O. The maximum absolute atomic E-state index is 13.0. The van der Waals surface area contributed by atoms with E-state index in [0.29, 0.717) is 25.8 Å². The number of amides is 1. The van der Waals surface area contributed by atoms with Gasteiger partial charge in [-0.2, -0.15) is 0 Å². The number of phenolic OH excluding ortho intramolecular Hbond substituents is 1. The van der Waals surface area contributed by atoms with E-state index in [1.807, 2.05) is 30.3 Å². The van der Waals surface area contributed by atoms with Crippen LogP contribution >= 0.6 is 0 Å². The molecule has 5 heteroatoms. The van der Waals surface area contributed by atoms with Crippen LogP contribution in [0.5, 0.6) is 5.75 Å². The van der Waals surface area contributed by atoms with Crippen molar-refractivity contribution in [1.29, 1.82) is 0 Å². The molecule has 26 heavy (non-hydrogen) atoms. The van der Waals surface area contributed by atoms with E-state index in [1.165, 1.54) is 6.07 Å². The molecule has 5 nitrogen and oxygen atoms in total. The zero-order chi connectivity index (χ0) is 18.7. The van der Waals surface area contributed by atoms with Crippen LogP contribution in [0.3, 0.4) is 0 Å². The van der Waals surface area contributed by atoms with Gasteiger partial charge < -0.3 is 15.1 Å². The minimum Gasteiger partial charge on any atom is -0.507 e. The predicted molar refractivity (Wildman–Crippen MR) is 98.2 cm³/mol. The average Bonchev–Trinajstić information content (AvgIpc) is 2.63. The van der Waals surface area contributed by atoms with Gasteiger partial charge in [0, 0.05) is 12.6 Å². The molecule has 1 fully saturated rings. The number of nitrogens with zero attached hydrogens (tertiary/aromatic N) is 1. The van der Waals surface area contributed by atoms with Crippen LogP contribution in [0.25, 0.3) is 0 Å². The molecule has 0 spiro atoms. The predicted octanol–water partition coefficient (Wildman–Crippen LogP) is 3.31. The molecule has 1 aliphatic heterocycles. The number of carbonyl (C=O) groups is 2. The number of aromatic hydroxyl groups is 1.